The molecule has 2 atom stereocenters. The summed E-state index contributed by atoms with van der Waals surface area (Å²) in [6.45, 7) is 6.09. The molecule has 2 rings (SSSR count). The van der Waals surface area contributed by atoms with E-state index in [1.165, 1.54) is 12.1 Å². The van der Waals surface area contributed by atoms with Crippen molar-refractivity contribution in [3.05, 3.63) is 34.9 Å². The minimum absolute atomic E-state index is 0.289. The lowest BCUT2D eigenvalue weighted by molar-refractivity contribution is -0.0906. The van der Waals surface area contributed by atoms with Gasteiger partial charge in [0, 0.05) is 13.1 Å². The van der Waals surface area contributed by atoms with Gasteiger partial charge >= 0.3 is 0 Å². The van der Waals surface area contributed by atoms with Crippen molar-refractivity contribution in [3.63, 3.8) is 0 Å². The molecule has 1 aromatic rings. The van der Waals surface area contributed by atoms with Gasteiger partial charge in [-0.1, -0.05) is 13.0 Å². The van der Waals surface area contributed by atoms with Crippen LogP contribution in [0, 0.1) is 18.6 Å². The Labute approximate surface area is 111 Å². The molecule has 0 amide bonds. The first-order valence-corrected chi connectivity index (χ1v) is 6.51. The van der Waals surface area contributed by atoms with E-state index < -0.39 is 23.8 Å². The number of nitrogens with zero attached hydrogens (tertiary/aromatic N) is 1. The van der Waals surface area contributed by atoms with Gasteiger partial charge < -0.3 is 9.84 Å². The molecule has 3 nitrogen and oxygen atoms in total. The van der Waals surface area contributed by atoms with Gasteiger partial charge in [0.05, 0.1) is 12.2 Å². The van der Waals surface area contributed by atoms with E-state index in [0.717, 1.165) is 13.1 Å². The van der Waals surface area contributed by atoms with Gasteiger partial charge in [0.15, 0.2) is 0 Å². The highest BCUT2D eigenvalue weighted by atomic mass is 19.1. The van der Waals surface area contributed by atoms with E-state index in [4.69, 9.17) is 4.74 Å². The molecule has 1 aromatic carbocycles. The second-order valence-corrected chi connectivity index (χ2v) is 4.84. The summed E-state index contributed by atoms with van der Waals surface area (Å²) in [6, 6.07) is 2.54. The van der Waals surface area contributed by atoms with Crippen molar-refractivity contribution in [3.8, 4) is 0 Å². The molecule has 2 unspecified atom stereocenters. The van der Waals surface area contributed by atoms with Gasteiger partial charge in [-0.2, -0.15) is 0 Å². The van der Waals surface area contributed by atoms with Gasteiger partial charge in [-0.05, 0) is 25.1 Å². The number of rotatable bonds is 3. The van der Waals surface area contributed by atoms with Gasteiger partial charge in [-0.15, -0.1) is 0 Å². The number of aliphatic hydroxyl groups excluding tert-OH is 1. The fourth-order valence-corrected chi connectivity index (χ4v) is 2.35. The lowest BCUT2D eigenvalue weighted by atomic mass is 9.99. The minimum Gasteiger partial charge on any atom is -0.385 e. The van der Waals surface area contributed by atoms with E-state index in [0.29, 0.717) is 18.7 Å². The summed E-state index contributed by atoms with van der Waals surface area (Å²) in [5, 5.41) is 10.2. The standard InChI is InChI=1S/C14H19F2NO2/c1-3-17-6-7-19-11(8-17)14(18)12-10(15)5-4-9(2)13(12)16/h4-5,11,14,18H,3,6-8H2,1-2H3. The highest BCUT2D eigenvalue weighted by molar-refractivity contribution is 5.29. The summed E-state index contributed by atoms with van der Waals surface area (Å²) in [6.07, 6.45) is -1.88. The summed E-state index contributed by atoms with van der Waals surface area (Å²) in [5.41, 5.74) is 0.0292. The molecule has 0 aromatic heterocycles. The van der Waals surface area contributed by atoms with E-state index in [1.807, 2.05) is 6.92 Å². The Bertz CT molecular complexity index is 453. The largest absolute Gasteiger partial charge is 0.385 e. The maximum Gasteiger partial charge on any atom is 0.134 e. The van der Waals surface area contributed by atoms with Crippen LogP contribution in [0.3, 0.4) is 0 Å². The summed E-state index contributed by atoms with van der Waals surface area (Å²) >= 11 is 0. The van der Waals surface area contributed by atoms with Crippen LogP contribution in [0.4, 0.5) is 8.78 Å². The summed E-state index contributed by atoms with van der Waals surface area (Å²) in [7, 11) is 0. The first kappa shape index (κ1) is 14.4. The van der Waals surface area contributed by atoms with Crippen molar-refractivity contribution in [1.29, 1.82) is 0 Å². The summed E-state index contributed by atoms with van der Waals surface area (Å²) in [4.78, 5) is 2.09. The molecule has 0 spiro atoms. The van der Waals surface area contributed by atoms with Crippen molar-refractivity contribution >= 4 is 0 Å². The van der Waals surface area contributed by atoms with Crippen LogP contribution in [-0.2, 0) is 4.74 Å². The lowest BCUT2D eigenvalue weighted by Crippen LogP contribution is -2.45. The number of hydrogen-bond acceptors (Lipinski definition) is 3. The number of halogens is 2. The molecule has 1 heterocycles. The molecule has 0 radical (unpaired) electrons. The molecule has 106 valence electrons. The van der Waals surface area contributed by atoms with Gasteiger partial charge in [0.1, 0.15) is 23.8 Å². The molecule has 1 aliphatic heterocycles. The zero-order valence-electron chi connectivity index (χ0n) is 11.2. The number of morpholine rings is 1. The Balaban J connectivity index is 2.24. The monoisotopic (exact) mass is 271 g/mol. The summed E-state index contributed by atoms with van der Waals surface area (Å²) < 4.78 is 33.2. The van der Waals surface area contributed by atoms with Gasteiger partial charge in [0.2, 0.25) is 0 Å². The third kappa shape index (κ3) is 2.94. The Morgan fingerprint density at radius 3 is 2.89 bits per heavy atom. The van der Waals surface area contributed by atoms with Gasteiger partial charge in [-0.3, -0.25) is 4.90 Å². The molecular formula is C14H19F2NO2. The second-order valence-electron chi connectivity index (χ2n) is 4.84. The Hall–Kier alpha value is -1.04. The third-order valence-electron chi connectivity index (χ3n) is 3.59. The summed E-state index contributed by atoms with van der Waals surface area (Å²) in [5.74, 6) is -1.42. The Kier molecular flexibility index (Phi) is 4.50. The van der Waals surface area contributed by atoms with Gasteiger partial charge in [0.25, 0.3) is 0 Å². The van der Waals surface area contributed by atoms with Crippen LogP contribution in [0.25, 0.3) is 0 Å². The topological polar surface area (TPSA) is 32.7 Å². The number of aliphatic hydroxyl groups is 1. The lowest BCUT2D eigenvalue weighted by Gasteiger charge is -2.34. The van der Waals surface area contributed by atoms with Crippen molar-refractivity contribution in [1.82, 2.24) is 4.90 Å². The highest BCUT2D eigenvalue weighted by Gasteiger charge is 2.31. The quantitative estimate of drug-likeness (QED) is 0.913. The maximum absolute atomic E-state index is 14.0. The second kappa shape index (κ2) is 5.94. The molecule has 0 aliphatic carbocycles. The molecule has 0 bridgehead atoms. The molecule has 1 fully saturated rings. The average Bonchev–Trinajstić information content (AvgIpc) is 2.43. The van der Waals surface area contributed by atoms with E-state index >= 15 is 0 Å². The van der Waals surface area contributed by atoms with E-state index in [-0.39, 0.29) is 5.56 Å². The highest BCUT2D eigenvalue weighted by Crippen LogP contribution is 2.28. The number of benzene rings is 1. The number of ether oxygens (including phenoxy) is 1. The smallest absolute Gasteiger partial charge is 0.134 e. The number of hydrogen-bond donors (Lipinski definition) is 1. The first-order chi connectivity index (χ1) is 9.04. The van der Waals surface area contributed by atoms with Crippen LogP contribution in [0.2, 0.25) is 0 Å². The average molecular weight is 271 g/mol. The number of aryl methyl sites for hydroxylation is 1. The fraction of sp³-hybridized carbons (Fsp3) is 0.571. The van der Waals surface area contributed by atoms with Crippen LogP contribution in [0.15, 0.2) is 12.1 Å². The molecule has 19 heavy (non-hydrogen) atoms. The van der Waals surface area contributed by atoms with Crippen molar-refractivity contribution in [2.24, 2.45) is 0 Å². The van der Waals surface area contributed by atoms with Crippen molar-refractivity contribution < 1.29 is 18.6 Å². The fourth-order valence-electron chi connectivity index (χ4n) is 2.35. The van der Waals surface area contributed by atoms with Crippen molar-refractivity contribution in [2.75, 3.05) is 26.2 Å². The Morgan fingerprint density at radius 1 is 1.47 bits per heavy atom. The van der Waals surface area contributed by atoms with E-state index in [1.54, 1.807) is 6.92 Å². The normalized spacial score (nSPS) is 22.5. The molecular weight excluding hydrogens is 252 g/mol. The van der Waals surface area contributed by atoms with E-state index in [9.17, 15) is 13.9 Å². The van der Waals surface area contributed by atoms with Crippen LogP contribution < -0.4 is 0 Å². The first-order valence-electron chi connectivity index (χ1n) is 6.51. The predicted molar refractivity (Wildman–Crippen MR) is 67.9 cm³/mol. The zero-order valence-corrected chi connectivity index (χ0v) is 11.2. The predicted octanol–water partition coefficient (Wildman–Crippen LogP) is 2.03. The van der Waals surface area contributed by atoms with Crippen LogP contribution in [0.5, 0.6) is 0 Å². The van der Waals surface area contributed by atoms with Gasteiger partial charge in [-0.25, -0.2) is 8.78 Å². The molecule has 1 N–H and O–H groups in total. The van der Waals surface area contributed by atoms with Crippen molar-refractivity contribution in [2.45, 2.75) is 26.1 Å². The third-order valence-corrected chi connectivity index (χ3v) is 3.59. The van der Waals surface area contributed by atoms with Crippen LogP contribution in [0.1, 0.15) is 24.2 Å². The molecule has 0 saturated carbocycles. The molecule has 5 heteroatoms. The van der Waals surface area contributed by atoms with E-state index in [2.05, 4.69) is 4.90 Å². The van der Waals surface area contributed by atoms with Crippen LogP contribution in [-0.4, -0.2) is 42.4 Å². The zero-order chi connectivity index (χ0) is 14.0. The SMILES string of the molecule is CCN1CCOC(C(O)c2c(F)ccc(C)c2F)C1. The van der Waals surface area contributed by atoms with Crippen LogP contribution >= 0.6 is 0 Å². The minimum atomic E-state index is -1.28. The maximum atomic E-state index is 14.0. The Morgan fingerprint density at radius 2 is 2.21 bits per heavy atom. The molecule has 1 aliphatic rings. The number of likely N-dealkylation sites (N-methyl/N-ethyl adjacent to an activating group) is 1. The molecule has 1 saturated heterocycles.